The molecule has 1 amide bonds. The fourth-order valence-corrected chi connectivity index (χ4v) is 3.62. The molecule has 1 atom stereocenters. The third-order valence-electron chi connectivity index (χ3n) is 5.72. The minimum atomic E-state index is -0.306. The van der Waals surface area contributed by atoms with Gasteiger partial charge >= 0.3 is 0 Å². The Morgan fingerprint density at radius 1 is 1.27 bits per heavy atom. The highest BCUT2D eigenvalue weighted by Crippen LogP contribution is 2.33. The summed E-state index contributed by atoms with van der Waals surface area (Å²) in [5.41, 5.74) is 2.25. The third kappa shape index (κ3) is 4.99. The van der Waals surface area contributed by atoms with Gasteiger partial charge in [-0.05, 0) is 44.7 Å². The molecular weight excluding hydrogens is 387 g/mol. The molecule has 164 valence electrons. The van der Waals surface area contributed by atoms with Gasteiger partial charge in [0.1, 0.15) is 18.1 Å². The van der Waals surface area contributed by atoms with Crippen molar-refractivity contribution < 1.29 is 18.4 Å². The Labute approximate surface area is 177 Å². The lowest BCUT2D eigenvalue weighted by Crippen LogP contribution is -2.45. The SMILES string of the molecule is CC[C@@H](C)N(Cc1c(-c2ccc(F)cc2)noc1N1CCN(C)CC1)C(=O)COC. The quantitative estimate of drug-likeness (QED) is 0.657. The van der Waals surface area contributed by atoms with Crippen LogP contribution in [0.15, 0.2) is 28.8 Å². The van der Waals surface area contributed by atoms with Crippen molar-refractivity contribution in [2.45, 2.75) is 32.9 Å². The van der Waals surface area contributed by atoms with Gasteiger partial charge in [-0.25, -0.2) is 4.39 Å². The minimum absolute atomic E-state index is 0.0192. The van der Waals surface area contributed by atoms with E-state index in [0.29, 0.717) is 18.1 Å². The van der Waals surface area contributed by atoms with Crippen molar-refractivity contribution in [3.05, 3.63) is 35.6 Å². The maximum Gasteiger partial charge on any atom is 0.249 e. The van der Waals surface area contributed by atoms with E-state index in [0.717, 1.165) is 43.7 Å². The highest BCUT2D eigenvalue weighted by atomic mass is 19.1. The summed E-state index contributed by atoms with van der Waals surface area (Å²) in [5.74, 6) is 0.294. The minimum Gasteiger partial charge on any atom is -0.375 e. The summed E-state index contributed by atoms with van der Waals surface area (Å²) in [4.78, 5) is 19.0. The molecule has 1 aliphatic heterocycles. The van der Waals surface area contributed by atoms with E-state index in [1.54, 1.807) is 12.1 Å². The number of hydrogen-bond acceptors (Lipinski definition) is 6. The van der Waals surface area contributed by atoms with Crippen molar-refractivity contribution in [2.75, 3.05) is 51.8 Å². The molecule has 1 aromatic carbocycles. The fraction of sp³-hybridized carbons (Fsp3) is 0.545. The van der Waals surface area contributed by atoms with E-state index < -0.39 is 0 Å². The number of rotatable bonds is 8. The van der Waals surface area contributed by atoms with Gasteiger partial charge in [-0.1, -0.05) is 12.1 Å². The summed E-state index contributed by atoms with van der Waals surface area (Å²) in [6, 6.07) is 6.23. The first-order chi connectivity index (χ1) is 14.4. The van der Waals surface area contributed by atoms with Crippen LogP contribution in [0.4, 0.5) is 10.3 Å². The Hall–Kier alpha value is -2.45. The molecule has 3 rings (SSSR count). The van der Waals surface area contributed by atoms with Gasteiger partial charge in [0.25, 0.3) is 0 Å². The molecule has 2 heterocycles. The topological polar surface area (TPSA) is 62.1 Å². The van der Waals surface area contributed by atoms with Crippen LogP contribution < -0.4 is 4.90 Å². The van der Waals surface area contributed by atoms with Crippen LogP contribution in [-0.2, 0) is 16.1 Å². The van der Waals surface area contributed by atoms with Gasteiger partial charge in [-0.3, -0.25) is 4.79 Å². The van der Waals surface area contributed by atoms with Crippen molar-refractivity contribution in [2.24, 2.45) is 0 Å². The Kier molecular flexibility index (Phi) is 7.44. The van der Waals surface area contributed by atoms with Crippen molar-refractivity contribution in [3.8, 4) is 11.3 Å². The molecule has 30 heavy (non-hydrogen) atoms. The van der Waals surface area contributed by atoms with Gasteiger partial charge in [0.15, 0.2) is 0 Å². The normalized spacial score (nSPS) is 16.0. The van der Waals surface area contributed by atoms with E-state index in [4.69, 9.17) is 9.26 Å². The molecule has 0 bridgehead atoms. The zero-order chi connectivity index (χ0) is 21.7. The second kappa shape index (κ2) is 10.0. The number of piperazine rings is 1. The van der Waals surface area contributed by atoms with Crippen LogP contribution in [0.25, 0.3) is 11.3 Å². The molecule has 0 N–H and O–H groups in total. The summed E-state index contributed by atoms with van der Waals surface area (Å²) in [7, 11) is 3.61. The Balaban J connectivity index is 2.00. The van der Waals surface area contributed by atoms with Crippen LogP contribution in [0.1, 0.15) is 25.8 Å². The molecular formula is C22H31FN4O3. The van der Waals surface area contributed by atoms with Crippen LogP contribution in [0.5, 0.6) is 0 Å². The monoisotopic (exact) mass is 418 g/mol. The summed E-state index contributed by atoms with van der Waals surface area (Å²) in [5, 5.41) is 4.33. The average molecular weight is 419 g/mol. The highest BCUT2D eigenvalue weighted by Gasteiger charge is 2.29. The maximum atomic E-state index is 13.5. The first-order valence-electron chi connectivity index (χ1n) is 10.4. The van der Waals surface area contributed by atoms with Crippen molar-refractivity contribution >= 4 is 11.8 Å². The number of hydrogen-bond donors (Lipinski definition) is 0. The van der Waals surface area contributed by atoms with Crippen LogP contribution in [0.3, 0.4) is 0 Å². The molecule has 1 fully saturated rings. The summed E-state index contributed by atoms with van der Waals surface area (Å²) in [6.45, 7) is 7.92. The van der Waals surface area contributed by atoms with Gasteiger partial charge in [-0.2, -0.15) is 0 Å². The molecule has 1 aromatic heterocycles. The van der Waals surface area contributed by atoms with Gasteiger partial charge in [-0.15, -0.1) is 0 Å². The number of likely N-dealkylation sites (N-methyl/N-ethyl adjacent to an activating group) is 1. The van der Waals surface area contributed by atoms with Crippen LogP contribution in [0, 0.1) is 5.82 Å². The van der Waals surface area contributed by atoms with Gasteiger partial charge < -0.3 is 24.0 Å². The molecule has 0 saturated carbocycles. The predicted octanol–water partition coefficient (Wildman–Crippen LogP) is 3.01. The number of ether oxygens (including phenoxy) is 1. The molecule has 7 nitrogen and oxygen atoms in total. The van der Waals surface area contributed by atoms with Gasteiger partial charge in [0, 0.05) is 44.9 Å². The van der Waals surface area contributed by atoms with E-state index in [-0.39, 0.29) is 24.4 Å². The number of anilines is 1. The molecule has 0 spiro atoms. The molecule has 1 saturated heterocycles. The molecule has 1 aliphatic rings. The second-order valence-electron chi connectivity index (χ2n) is 7.82. The standard InChI is InChI=1S/C22H31FN4O3/c1-5-16(2)27(20(28)15-29-4)14-19-21(17-6-8-18(23)9-7-17)24-30-22(19)26-12-10-25(3)11-13-26/h6-9,16H,5,10-15H2,1-4H3/t16-/m1/s1. The van der Waals surface area contributed by atoms with Crippen molar-refractivity contribution in [1.29, 1.82) is 0 Å². The van der Waals surface area contributed by atoms with Gasteiger partial charge in [0.2, 0.25) is 11.8 Å². The Morgan fingerprint density at radius 3 is 2.53 bits per heavy atom. The molecule has 0 radical (unpaired) electrons. The predicted molar refractivity (Wildman–Crippen MR) is 114 cm³/mol. The molecule has 0 aliphatic carbocycles. The van der Waals surface area contributed by atoms with Crippen LogP contribution in [-0.4, -0.2) is 73.8 Å². The number of carbonyl (C=O) groups excluding carboxylic acids is 1. The number of aromatic nitrogens is 1. The van der Waals surface area contributed by atoms with Gasteiger partial charge in [0.05, 0.1) is 12.1 Å². The largest absolute Gasteiger partial charge is 0.375 e. The number of nitrogens with zero attached hydrogens (tertiary/aromatic N) is 4. The second-order valence-corrected chi connectivity index (χ2v) is 7.82. The average Bonchev–Trinajstić information content (AvgIpc) is 3.16. The summed E-state index contributed by atoms with van der Waals surface area (Å²) in [6.07, 6.45) is 0.816. The summed E-state index contributed by atoms with van der Waals surface area (Å²) < 4.78 is 24.4. The first-order valence-corrected chi connectivity index (χ1v) is 10.4. The number of halogens is 1. The van der Waals surface area contributed by atoms with E-state index in [1.165, 1.54) is 19.2 Å². The molecule has 8 heteroatoms. The first kappa shape index (κ1) is 22.2. The summed E-state index contributed by atoms with van der Waals surface area (Å²) >= 11 is 0. The third-order valence-corrected chi connectivity index (χ3v) is 5.72. The molecule has 0 unspecified atom stereocenters. The lowest BCUT2D eigenvalue weighted by Gasteiger charge is -2.33. The lowest BCUT2D eigenvalue weighted by molar-refractivity contribution is -0.138. The van der Waals surface area contributed by atoms with Crippen LogP contribution >= 0.6 is 0 Å². The van der Waals surface area contributed by atoms with Crippen molar-refractivity contribution in [3.63, 3.8) is 0 Å². The zero-order valence-electron chi connectivity index (χ0n) is 18.2. The van der Waals surface area contributed by atoms with Crippen LogP contribution in [0.2, 0.25) is 0 Å². The van der Waals surface area contributed by atoms with Crippen molar-refractivity contribution in [1.82, 2.24) is 15.0 Å². The number of carbonyl (C=O) groups is 1. The number of benzene rings is 1. The van der Waals surface area contributed by atoms with E-state index in [1.807, 2.05) is 18.7 Å². The van der Waals surface area contributed by atoms with E-state index in [9.17, 15) is 9.18 Å². The lowest BCUT2D eigenvalue weighted by atomic mass is 10.1. The fourth-order valence-electron chi connectivity index (χ4n) is 3.62. The highest BCUT2D eigenvalue weighted by molar-refractivity contribution is 5.78. The molecule has 2 aromatic rings. The number of amides is 1. The number of methoxy groups -OCH3 is 1. The van der Waals surface area contributed by atoms with E-state index in [2.05, 4.69) is 22.0 Å². The smallest absolute Gasteiger partial charge is 0.249 e. The maximum absolute atomic E-state index is 13.5. The van der Waals surface area contributed by atoms with E-state index >= 15 is 0 Å². The Morgan fingerprint density at radius 2 is 1.93 bits per heavy atom. The zero-order valence-corrected chi connectivity index (χ0v) is 18.2. The Bertz CT molecular complexity index is 831.